The molecule has 1 rings (SSSR count). The highest BCUT2D eigenvalue weighted by molar-refractivity contribution is 4.95. The van der Waals surface area contributed by atoms with Crippen LogP contribution < -0.4 is 5.32 Å². The van der Waals surface area contributed by atoms with Crippen molar-refractivity contribution in [3.63, 3.8) is 0 Å². The Morgan fingerprint density at radius 1 is 1.38 bits per heavy atom. The second kappa shape index (κ2) is 4.97. The Bertz CT molecular complexity index is 141. The summed E-state index contributed by atoms with van der Waals surface area (Å²) in [4.78, 5) is 0. The van der Waals surface area contributed by atoms with E-state index in [2.05, 4.69) is 19.3 Å². The number of ether oxygens (including phenoxy) is 1. The molecule has 1 unspecified atom stereocenters. The summed E-state index contributed by atoms with van der Waals surface area (Å²) in [7, 11) is 3.92. The molecule has 0 bridgehead atoms. The average molecular weight is 185 g/mol. The van der Waals surface area contributed by atoms with E-state index in [1.165, 1.54) is 38.5 Å². The number of nitrogens with one attached hydrogen (secondary N) is 1. The van der Waals surface area contributed by atoms with Crippen molar-refractivity contribution in [2.75, 3.05) is 14.2 Å². The molecule has 0 aromatic heterocycles. The zero-order valence-electron chi connectivity index (χ0n) is 9.23. The topological polar surface area (TPSA) is 21.3 Å². The molecule has 1 N–H and O–H groups in total. The second-order valence-corrected chi connectivity index (χ2v) is 4.11. The number of hydrogen-bond donors (Lipinski definition) is 1. The van der Waals surface area contributed by atoms with Crippen LogP contribution >= 0.6 is 0 Å². The van der Waals surface area contributed by atoms with Crippen molar-refractivity contribution < 1.29 is 4.74 Å². The van der Waals surface area contributed by atoms with Gasteiger partial charge in [-0.15, -0.1) is 0 Å². The highest BCUT2D eigenvalue weighted by atomic mass is 16.5. The van der Waals surface area contributed by atoms with Crippen LogP contribution in [0.2, 0.25) is 0 Å². The van der Waals surface area contributed by atoms with E-state index in [1.54, 1.807) is 0 Å². The number of methoxy groups -OCH3 is 1. The number of rotatable bonds is 5. The molecular weight excluding hydrogens is 162 g/mol. The predicted molar refractivity (Wildman–Crippen MR) is 56.0 cm³/mol. The van der Waals surface area contributed by atoms with E-state index in [4.69, 9.17) is 4.74 Å². The highest BCUT2D eigenvalue weighted by Gasteiger charge is 2.40. The summed E-state index contributed by atoms with van der Waals surface area (Å²) in [6.45, 7) is 2.24. The molecule has 0 heterocycles. The molecule has 1 saturated carbocycles. The van der Waals surface area contributed by atoms with Crippen LogP contribution in [0.15, 0.2) is 0 Å². The largest absolute Gasteiger partial charge is 0.377 e. The minimum absolute atomic E-state index is 0.144. The summed E-state index contributed by atoms with van der Waals surface area (Å²) in [5.74, 6) is 0. The number of hydrogen-bond acceptors (Lipinski definition) is 2. The lowest BCUT2D eigenvalue weighted by atomic mass is 9.89. The first-order valence-electron chi connectivity index (χ1n) is 5.51. The first-order chi connectivity index (χ1) is 6.29. The van der Waals surface area contributed by atoms with E-state index >= 15 is 0 Å². The van der Waals surface area contributed by atoms with Crippen molar-refractivity contribution in [2.45, 2.75) is 57.1 Å². The van der Waals surface area contributed by atoms with Crippen LogP contribution in [0.3, 0.4) is 0 Å². The third kappa shape index (κ3) is 2.23. The van der Waals surface area contributed by atoms with Gasteiger partial charge in [-0.05, 0) is 26.3 Å². The fraction of sp³-hybridized carbons (Fsp3) is 1.00. The van der Waals surface area contributed by atoms with Crippen LogP contribution in [0, 0.1) is 0 Å². The van der Waals surface area contributed by atoms with Gasteiger partial charge in [-0.1, -0.05) is 26.2 Å². The molecule has 78 valence electrons. The summed E-state index contributed by atoms with van der Waals surface area (Å²) in [5, 5.41) is 3.41. The monoisotopic (exact) mass is 185 g/mol. The van der Waals surface area contributed by atoms with Crippen molar-refractivity contribution in [1.29, 1.82) is 0 Å². The van der Waals surface area contributed by atoms with Crippen LogP contribution in [0.25, 0.3) is 0 Å². The van der Waals surface area contributed by atoms with Crippen molar-refractivity contribution >= 4 is 0 Å². The fourth-order valence-corrected chi connectivity index (χ4v) is 2.63. The first kappa shape index (κ1) is 11.0. The van der Waals surface area contributed by atoms with E-state index in [0.717, 1.165) is 0 Å². The van der Waals surface area contributed by atoms with E-state index < -0.39 is 0 Å². The third-order valence-electron chi connectivity index (χ3n) is 3.42. The normalized spacial score (nSPS) is 23.3. The van der Waals surface area contributed by atoms with Crippen molar-refractivity contribution in [3.05, 3.63) is 0 Å². The van der Waals surface area contributed by atoms with Crippen LogP contribution in [0.1, 0.15) is 45.4 Å². The Hall–Kier alpha value is -0.0800. The summed E-state index contributed by atoms with van der Waals surface area (Å²) >= 11 is 0. The Kier molecular flexibility index (Phi) is 4.20. The fourth-order valence-electron chi connectivity index (χ4n) is 2.63. The van der Waals surface area contributed by atoms with Gasteiger partial charge in [0.05, 0.1) is 5.60 Å². The van der Waals surface area contributed by atoms with Gasteiger partial charge in [0.1, 0.15) is 0 Å². The van der Waals surface area contributed by atoms with Crippen LogP contribution in [0.4, 0.5) is 0 Å². The van der Waals surface area contributed by atoms with Gasteiger partial charge in [0.25, 0.3) is 0 Å². The molecule has 2 heteroatoms. The molecule has 1 aliphatic rings. The van der Waals surface area contributed by atoms with E-state index in [-0.39, 0.29) is 5.60 Å². The Morgan fingerprint density at radius 3 is 2.38 bits per heavy atom. The summed E-state index contributed by atoms with van der Waals surface area (Å²) in [6.07, 6.45) is 7.58. The van der Waals surface area contributed by atoms with Gasteiger partial charge >= 0.3 is 0 Å². The maximum Gasteiger partial charge on any atom is 0.0830 e. The van der Waals surface area contributed by atoms with E-state index in [1.807, 2.05) is 7.11 Å². The third-order valence-corrected chi connectivity index (χ3v) is 3.42. The van der Waals surface area contributed by atoms with Crippen LogP contribution in [-0.4, -0.2) is 25.8 Å². The quantitative estimate of drug-likeness (QED) is 0.710. The Balaban J connectivity index is 2.60. The molecule has 0 amide bonds. The molecule has 1 aliphatic carbocycles. The molecule has 0 aliphatic heterocycles. The van der Waals surface area contributed by atoms with Crippen LogP contribution in [-0.2, 0) is 4.74 Å². The minimum Gasteiger partial charge on any atom is -0.377 e. The van der Waals surface area contributed by atoms with E-state index in [9.17, 15) is 0 Å². The molecular formula is C11H23NO. The van der Waals surface area contributed by atoms with E-state index in [0.29, 0.717) is 6.04 Å². The second-order valence-electron chi connectivity index (χ2n) is 4.11. The van der Waals surface area contributed by atoms with Crippen LogP contribution in [0.5, 0.6) is 0 Å². The Morgan fingerprint density at radius 2 is 2.00 bits per heavy atom. The molecule has 2 nitrogen and oxygen atoms in total. The summed E-state index contributed by atoms with van der Waals surface area (Å²) < 4.78 is 5.74. The first-order valence-corrected chi connectivity index (χ1v) is 5.51. The lowest BCUT2D eigenvalue weighted by Gasteiger charge is -2.36. The van der Waals surface area contributed by atoms with Gasteiger partial charge in [0.2, 0.25) is 0 Å². The number of likely N-dealkylation sites (N-methyl/N-ethyl adjacent to an activating group) is 1. The van der Waals surface area contributed by atoms with Gasteiger partial charge in [0, 0.05) is 13.2 Å². The molecule has 0 aromatic rings. The standard InChI is InChI=1S/C11H23NO/c1-4-7-10(12-2)11(13-3)8-5-6-9-11/h10,12H,4-9H2,1-3H3. The maximum absolute atomic E-state index is 5.74. The molecule has 1 fully saturated rings. The zero-order chi connectivity index (χ0) is 9.73. The Labute approximate surface area is 82.0 Å². The summed E-state index contributed by atoms with van der Waals surface area (Å²) in [5.41, 5.74) is 0.144. The molecule has 0 spiro atoms. The SMILES string of the molecule is CCCC(NC)C1(OC)CCCC1. The highest BCUT2D eigenvalue weighted by Crippen LogP contribution is 2.36. The smallest absolute Gasteiger partial charge is 0.0830 e. The molecule has 13 heavy (non-hydrogen) atoms. The molecule has 1 atom stereocenters. The van der Waals surface area contributed by atoms with Gasteiger partial charge in [-0.2, -0.15) is 0 Å². The lowest BCUT2D eigenvalue weighted by molar-refractivity contribution is -0.0360. The van der Waals surface area contributed by atoms with Gasteiger partial charge in [-0.3, -0.25) is 0 Å². The van der Waals surface area contributed by atoms with Crippen molar-refractivity contribution in [2.24, 2.45) is 0 Å². The zero-order valence-corrected chi connectivity index (χ0v) is 9.23. The lowest BCUT2D eigenvalue weighted by Crippen LogP contribution is -2.49. The summed E-state index contributed by atoms with van der Waals surface area (Å²) in [6, 6.07) is 0.546. The molecule has 0 aromatic carbocycles. The maximum atomic E-state index is 5.74. The van der Waals surface area contributed by atoms with Gasteiger partial charge in [-0.25, -0.2) is 0 Å². The predicted octanol–water partition coefficient (Wildman–Crippen LogP) is 2.33. The van der Waals surface area contributed by atoms with Crippen molar-refractivity contribution in [3.8, 4) is 0 Å². The minimum atomic E-state index is 0.144. The molecule has 0 radical (unpaired) electrons. The van der Waals surface area contributed by atoms with Crippen molar-refractivity contribution in [1.82, 2.24) is 5.32 Å². The van der Waals surface area contributed by atoms with Gasteiger partial charge < -0.3 is 10.1 Å². The molecule has 0 saturated heterocycles. The van der Waals surface area contributed by atoms with Gasteiger partial charge in [0.15, 0.2) is 0 Å². The average Bonchev–Trinajstić information content (AvgIpc) is 2.63.